The zero-order chi connectivity index (χ0) is 13.6. The molecule has 1 N–H and O–H groups in total. The van der Waals surface area contributed by atoms with Crippen LogP contribution in [0.2, 0.25) is 0 Å². The van der Waals surface area contributed by atoms with E-state index in [9.17, 15) is 0 Å². The molecule has 1 aliphatic rings. The average molecular weight is 253 g/mol. The molecule has 1 saturated carbocycles. The Bertz CT molecular complexity index is 220. The molecule has 0 heterocycles. The Hall–Kier alpha value is -0.0400. The van der Waals surface area contributed by atoms with Crippen molar-refractivity contribution in [2.24, 2.45) is 10.8 Å². The van der Waals surface area contributed by atoms with E-state index in [1.54, 1.807) is 0 Å². The zero-order valence-corrected chi connectivity index (χ0v) is 13.4. The summed E-state index contributed by atoms with van der Waals surface area (Å²) in [5.74, 6) is 0. The van der Waals surface area contributed by atoms with Crippen molar-refractivity contribution in [1.29, 1.82) is 0 Å². The van der Waals surface area contributed by atoms with E-state index in [4.69, 9.17) is 0 Å². The molecule has 0 bridgehead atoms. The van der Waals surface area contributed by atoms with E-state index in [0.717, 1.165) is 6.04 Å². The van der Waals surface area contributed by atoms with Crippen molar-refractivity contribution in [3.05, 3.63) is 0 Å². The van der Waals surface area contributed by atoms with E-state index in [2.05, 4.69) is 39.9 Å². The summed E-state index contributed by atoms with van der Waals surface area (Å²) in [6, 6.07) is 0.733. The van der Waals surface area contributed by atoms with Crippen molar-refractivity contribution in [1.82, 2.24) is 5.32 Å². The summed E-state index contributed by atoms with van der Waals surface area (Å²) < 4.78 is 0. The van der Waals surface area contributed by atoms with Gasteiger partial charge in [0.25, 0.3) is 0 Å². The van der Waals surface area contributed by atoms with Crippen LogP contribution < -0.4 is 5.32 Å². The monoisotopic (exact) mass is 253 g/mol. The van der Waals surface area contributed by atoms with Crippen LogP contribution in [0.3, 0.4) is 0 Å². The lowest BCUT2D eigenvalue weighted by atomic mass is 9.68. The van der Waals surface area contributed by atoms with E-state index in [1.807, 2.05) is 0 Å². The first kappa shape index (κ1) is 16.0. The molecule has 0 aromatic carbocycles. The van der Waals surface area contributed by atoms with Gasteiger partial charge in [-0.1, -0.05) is 53.9 Å². The summed E-state index contributed by atoms with van der Waals surface area (Å²) in [5, 5.41) is 3.85. The van der Waals surface area contributed by atoms with Crippen molar-refractivity contribution in [2.75, 3.05) is 6.54 Å². The van der Waals surface area contributed by atoms with Crippen molar-refractivity contribution < 1.29 is 0 Å². The summed E-state index contributed by atoms with van der Waals surface area (Å²) in [7, 11) is 0. The van der Waals surface area contributed by atoms with Gasteiger partial charge in [-0.15, -0.1) is 0 Å². The molecule has 1 heteroatoms. The lowest BCUT2D eigenvalue weighted by Crippen LogP contribution is -2.45. The van der Waals surface area contributed by atoms with Crippen LogP contribution in [0.25, 0.3) is 0 Å². The van der Waals surface area contributed by atoms with Gasteiger partial charge in [-0.25, -0.2) is 0 Å². The summed E-state index contributed by atoms with van der Waals surface area (Å²) >= 11 is 0. The largest absolute Gasteiger partial charge is 0.313 e. The predicted molar refractivity (Wildman–Crippen MR) is 82.0 cm³/mol. The molecule has 1 fully saturated rings. The second-order valence-electron chi connectivity index (χ2n) is 7.82. The first-order chi connectivity index (χ1) is 8.37. The second-order valence-corrected chi connectivity index (χ2v) is 7.82. The van der Waals surface area contributed by atoms with Gasteiger partial charge in [-0.2, -0.15) is 0 Å². The van der Waals surface area contributed by atoms with Gasteiger partial charge in [-0.05, 0) is 49.5 Å². The molecule has 1 aliphatic carbocycles. The maximum atomic E-state index is 3.85. The van der Waals surface area contributed by atoms with Crippen LogP contribution in [-0.2, 0) is 0 Å². The second kappa shape index (κ2) is 6.93. The third-order valence-corrected chi connectivity index (χ3v) is 4.66. The van der Waals surface area contributed by atoms with Gasteiger partial charge in [0.2, 0.25) is 0 Å². The van der Waals surface area contributed by atoms with Gasteiger partial charge >= 0.3 is 0 Å². The fourth-order valence-corrected chi connectivity index (χ4v) is 3.30. The minimum Gasteiger partial charge on any atom is -0.313 e. The molecule has 1 atom stereocenters. The highest BCUT2D eigenvalue weighted by Gasteiger charge is 2.35. The Labute approximate surface area is 115 Å². The van der Waals surface area contributed by atoms with Gasteiger partial charge in [0.15, 0.2) is 0 Å². The van der Waals surface area contributed by atoms with Crippen LogP contribution in [-0.4, -0.2) is 12.6 Å². The fraction of sp³-hybridized carbons (Fsp3) is 1.00. The first-order valence-electron chi connectivity index (χ1n) is 8.11. The van der Waals surface area contributed by atoms with Crippen LogP contribution in [0, 0.1) is 10.8 Å². The third kappa shape index (κ3) is 5.30. The Morgan fingerprint density at radius 2 is 1.72 bits per heavy atom. The van der Waals surface area contributed by atoms with Crippen molar-refractivity contribution in [3.8, 4) is 0 Å². The maximum absolute atomic E-state index is 3.85. The summed E-state index contributed by atoms with van der Waals surface area (Å²) in [4.78, 5) is 0. The van der Waals surface area contributed by atoms with Crippen molar-refractivity contribution >= 4 is 0 Å². The molecule has 0 aromatic rings. The molecule has 18 heavy (non-hydrogen) atoms. The molecule has 0 aromatic heterocycles. The normalized spacial score (nSPS) is 21.8. The predicted octanol–water partition coefficient (Wildman–Crippen LogP) is 5.15. The maximum Gasteiger partial charge on any atom is 0.0121 e. The standard InChI is InChI=1S/C17H35N/c1-6-14-18-15(10-13-16(2,3)4)17(5)11-8-7-9-12-17/h15,18H,6-14H2,1-5H3. The van der Waals surface area contributed by atoms with Crippen LogP contribution in [0.15, 0.2) is 0 Å². The summed E-state index contributed by atoms with van der Waals surface area (Å²) in [5.41, 5.74) is 1.02. The van der Waals surface area contributed by atoms with Crippen LogP contribution in [0.5, 0.6) is 0 Å². The van der Waals surface area contributed by atoms with Crippen LogP contribution in [0.4, 0.5) is 0 Å². The fourth-order valence-electron chi connectivity index (χ4n) is 3.30. The minimum atomic E-state index is 0.469. The molecule has 1 nitrogen and oxygen atoms in total. The molecule has 0 amide bonds. The lowest BCUT2D eigenvalue weighted by Gasteiger charge is -2.42. The van der Waals surface area contributed by atoms with Gasteiger partial charge in [0.1, 0.15) is 0 Å². The van der Waals surface area contributed by atoms with E-state index in [1.165, 1.54) is 57.9 Å². The van der Waals surface area contributed by atoms with Crippen molar-refractivity contribution in [3.63, 3.8) is 0 Å². The smallest absolute Gasteiger partial charge is 0.0121 e. The van der Waals surface area contributed by atoms with Gasteiger partial charge in [-0.3, -0.25) is 0 Å². The molecular formula is C17H35N. The van der Waals surface area contributed by atoms with E-state index < -0.39 is 0 Å². The highest BCUT2D eigenvalue weighted by Crippen LogP contribution is 2.41. The highest BCUT2D eigenvalue weighted by atomic mass is 14.9. The number of hydrogen-bond donors (Lipinski definition) is 1. The molecule has 0 aliphatic heterocycles. The molecule has 1 unspecified atom stereocenters. The quantitative estimate of drug-likeness (QED) is 0.690. The Balaban J connectivity index is 2.58. The molecule has 1 rings (SSSR count). The number of hydrogen-bond acceptors (Lipinski definition) is 1. The Kier molecular flexibility index (Phi) is 6.17. The Morgan fingerprint density at radius 3 is 2.22 bits per heavy atom. The van der Waals surface area contributed by atoms with E-state index in [-0.39, 0.29) is 0 Å². The number of nitrogens with one attached hydrogen (secondary N) is 1. The molecule has 0 spiro atoms. The SMILES string of the molecule is CCCNC(CCC(C)(C)C)C1(C)CCCCC1. The molecule has 108 valence electrons. The minimum absolute atomic E-state index is 0.469. The van der Waals surface area contributed by atoms with Gasteiger partial charge in [0.05, 0.1) is 0 Å². The third-order valence-electron chi connectivity index (χ3n) is 4.66. The first-order valence-corrected chi connectivity index (χ1v) is 8.11. The average Bonchev–Trinajstić information content (AvgIpc) is 2.28. The zero-order valence-electron chi connectivity index (χ0n) is 13.4. The van der Waals surface area contributed by atoms with Crippen molar-refractivity contribution in [2.45, 2.75) is 92.0 Å². The lowest BCUT2D eigenvalue weighted by molar-refractivity contribution is 0.127. The summed E-state index contributed by atoms with van der Waals surface area (Å²) in [6.45, 7) is 13.1. The highest BCUT2D eigenvalue weighted by molar-refractivity contribution is 4.90. The number of rotatable bonds is 6. The van der Waals surface area contributed by atoms with E-state index >= 15 is 0 Å². The summed E-state index contributed by atoms with van der Waals surface area (Å²) in [6.07, 6.45) is 11.1. The topological polar surface area (TPSA) is 12.0 Å². The molecule has 0 radical (unpaired) electrons. The Morgan fingerprint density at radius 1 is 1.11 bits per heavy atom. The van der Waals surface area contributed by atoms with Crippen LogP contribution in [0.1, 0.15) is 86.0 Å². The van der Waals surface area contributed by atoms with Gasteiger partial charge < -0.3 is 5.32 Å². The molecular weight excluding hydrogens is 218 g/mol. The van der Waals surface area contributed by atoms with Crippen LogP contribution >= 0.6 is 0 Å². The van der Waals surface area contributed by atoms with Gasteiger partial charge in [0, 0.05) is 6.04 Å². The molecule has 0 saturated heterocycles. The van der Waals surface area contributed by atoms with E-state index in [0.29, 0.717) is 10.8 Å².